The Morgan fingerprint density at radius 2 is 1.78 bits per heavy atom. The summed E-state index contributed by atoms with van der Waals surface area (Å²) in [6.45, 7) is 4.21. The molecule has 0 radical (unpaired) electrons. The predicted molar refractivity (Wildman–Crippen MR) is 71.1 cm³/mol. The van der Waals surface area contributed by atoms with Crippen molar-refractivity contribution in [3.8, 4) is 11.5 Å². The van der Waals surface area contributed by atoms with E-state index in [1.165, 1.54) is 11.1 Å². The van der Waals surface area contributed by atoms with Crippen LogP contribution in [0.5, 0.6) is 11.5 Å². The van der Waals surface area contributed by atoms with Crippen molar-refractivity contribution in [3.63, 3.8) is 0 Å². The van der Waals surface area contributed by atoms with E-state index in [9.17, 15) is 5.11 Å². The Bertz CT molecular complexity index is 572. The fraction of sp³-hybridized carbons (Fsp3) is 0.250. The van der Waals surface area contributed by atoms with Crippen LogP contribution in [0.25, 0.3) is 0 Å². The number of aromatic hydroxyl groups is 1. The van der Waals surface area contributed by atoms with Gasteiger partial charge in [0.05, 0.1) is 0 Å². The third kappa shape index (κ3) is 1.74. The highest BCUT2D eigenvalue weighted by Crippen LogP contribution is 2.46. The monoisotopic (exact) mass is 240 g/mol. The van der Waals surface area contributed by atoms with Crippen molar-refractivity contribution in [2.75, 3.05) is 0 Å². The number of phenolic OH excluding ortho intramolecular Hbond substituents is 1. The molecular weight excluding hydrogens is 224 g/mol. The number of hydrogen-bond acceptors (Lipinski definition) is 2. The van der Waals surface area contributed by atoms with Crippen molar-refractivity contribution < 1.29 is 9.84 Å². The van der Waals surface area contributed by atoms with Gasteiger partial charge >= 0.3 is 0 Å². The molecule has 1 N–H and O–H groups in total. The van der Waals surface area contributed by atoms with Crippen LogP contribution in [0.1, 0.15) is 35.6 Å². The van der Waals surface area contributed by atoms with Gasteiger partial charge in [-0.15, -0.1) is 0 Å². The Morgan fingerprint density at radius 3 is 2.50 bits per heavy atom. The van der Waals surface area contributed by atoms with Crippen LogP contribution >= 0.6 is 0 Å². The molecular formula is C16H16O2. The summed E-state index contributed by atoms with van der Waals surface area (Å²) < 4.78 is 5.99. The van der Waals surface area contributed by atoms with Crippen LogP contribution in [0.3, 0.4) is 0 Å². The molecule has 1 aliphatic rings. The van der Waals surface area contributed by atoms with Gasteiger partial charge in [0.15, 0.2) is 0 Å². The van der Waals surface area contributed by atoms with Crippen LogP contribution < -0.4 is 4.74 Å². The lowest BCUT2D eigenvalue weighted by Crippen LogP contribution is -2.06. The molecule has 0 unspecified atom stereocenters. The van der Waals surface area contributed by atoms with Crippen LogP contribution in [0, 0.1) is 6.92 Å². The molecule has 2 aromatic rings. The quantitative estimate of drug-likeness (QED) is 0.818. The number of ether oxygens (including phenoxy) is 1. The van der Waals surface area contributed by atoms with E-state index < -0.39 is 0 Å². The van der Waals surface area contributed by atoms with E-state index in [2.05, 4.69) is 38.1 Å². The number of rotatable bonds is 1. The zero-order chi connectivity index (χ0) is 12.7. The first-order valence-corrected chi connectivity index (χ1v) is 6.21. The third-order valence-electron chi connectivity index (χ3n) is 3.60. The summed E-state index contributed by atoms with van der Waals surface area (Å²) in [6, 6.07) is 13.7. The maximum atomic E-state index is 9.55. The second-order valence-electron chi connectivity index (χ2n) is 4.96. The normalized spacial score (nSPS) is 21.4. The maximum Gasteiger partial charge on any atom is 0.130 e. The summed E-state index contributed by atoms with van der Waals surface area (Å²) >= 11 is 0. The highest BCUT2D eigenvalue weighted by molar-refractivity contribution is 5.47. The summed E-state index contributed by atoms with van der Waals surface area (Å²) in [7, 11) is 0. The smallest absolute Gasteiger partial charge is 0.130 e. The molecule has 2 heteroatoms. The number of aryl methyl sites for hydroxylation is 1. The molecule has 0 spiro atoms. The molecule has 3 rings (SSSR count). The number of benzene rings is 2. The zero-order valence-electron chi connectivity index (χ0n) is 10.6. The van der Waals surface area contributed by atoms with Gasteiger partial charge in [-0.1, -0.05) is 36.8 Å². The second-order valence-corrected chi connectivity index (χ2v) is 4.96. The summed E-state index contributed by atoms with van der Waals surface area (Å²) in [6.07, 6.45) is 0.0439. The van der Waals surface area contributed by atoms with Gasteiger partial charge in [-0.25, -0.2) is 0 Å². The zero-order valence-corrected chi connectivity index (χ0v) is 10.6. The van der Waals surface area contributed by atoms with Crippen LogP contribution in [0.15, 0.2) is 42.5 Å². The van der Waals surface area contributed by atoms with Gasteiger partial charge in [0.2, 0.25) is 0 Å². The Balaban J connectivity index is 1.96. The largest absolute Gasteiger partial charge is 0.508 e. The van der Waals surface area contributed by atoms with Gasteiger partial charge in [0.25, 0.3) is 0 Å². The first-order chi connectivity index (χ1) is 8.65. The van der Waals surface area contributed by atoms with E-state index in [0.717, 1.165) is 11.3 Å². The first kappa shape index (κ1) is 11.1. The Kier molecular flexibility index (Phi) is 2.51. The molecule has 0 saturated carbocycles. The van der Waals surface area contributed by atoms with Crippen molar-refractivity contribution in [2.24, 2.45) is 0 Å². The Morgan fingerprint density at radius 1 is 1.06 bits per heavy atom. The van der Waals surface area contributed by atoms with Crippen molar-refractivity contribution in [1.29, 1.82) is 0 Å². The molecule has 0 fully saturated rings. The molecule has 1 heterocycles. The fourth-order valence-electron chi connectivity index (χ4n) is 2.51. The lowest BCUT2D eigenvalue weighted by Gasteiger charge is -2.15. The molecule has 0 saturated heterocycles. The van der Waals surface area contributed by atoms with Crippen LogP contribution in [-0.2, 0) is 0 Å². The second kappa shape index (κ2) is 4.05. The molecule has 2 aromatic carbocycles. The predicted octanol–water partition coefficient (Wildman–Crippen LogP) is 3.94. The van der Waals surface area contributed by atoms with Crippen molar-refractivity contribution in [3.05, 3.63) is 59.2 Å². The van der Waals surface area contributed by atoms with Crippen molar-refractivity contribution in [2.45, 2.75) is 25.9 Å². The van der Waals surface area contributed by atoms with E-state index >= 15 is 0 Å². The third-order valence-corrected chi connectivity index (χ3v) is 3.60. The van der Waals surface area contributed by atoms with Crippen molar-refractivity contribution in [1.82, 2.24) is 0 Å². The maximum absolute atomic E-state index is 9.55. The summed E-state index contributed by atoms with van der Waals surface area (Å²) in [5, 5.41) is 9.55. The summed E-state index contributed by atoms with van der Waals surface area (Å²) in [5.74, 6) is 1.44. The standard InChI is InChI=1S/C16H16O2/c1-10-3-5-12(6-4-10)16-11(2)14-9-13(17)7-8-15(14)18-16/h3-9,11,16-17H,1-2H3/t11-,16-/m0/s1. The van der Waals surface area contributed by atoms with Gasteiger partial charge in [0.1, 0.15) is 17.6 Å². The van der Waals surface area contributed by atoms with E-state index in [1.54, 1.807) is 12.1 Å². The highest BCUT2D eigenvalue weighted by atomic mass is 16.5. The van der Waals surface area contributed by atoms with E-state index in [-0.39, 0.29) is 12.0 Å². The molecule has 1 aliphatic heterocycles. The minimum absolute atomic E-state index is 0.0439. The van der Waals surface area contributed by atoms with Gasteiger partial charge < -0.3 is 9.84 Å². The van der Waals surface area contributed by atoms with E-state index in [0.29, 0.717) is 5.75 Å². The highest BCUT2D eigenvalue weighted by Gasteiger charge is 2.32. The lowest BCUT2D eigenvalue weighted by atomic mass is 9.92. The molecule has 0 amide bonds. The minimum atomic E-state index is 0.0439. The molecule has 0 aromatic heterocycles. The van der Waals surface area contributed by atoms with Crippen LogP contribution in [0.2, 0.25) is 0 Å². The Hall–Kier alpha value is -1.96. The molecule has 0 aliphatic carbocycles. The molecule has 92 valence electrons. The topological polar surface area (TPSA) is 29.5 Å². The molecule has 0 bridgehead atoms. The minimum Gasteiger partial charge on any atom is -0.508 e. The summed E-state index contributed by atoms with van der Waals surface area (Å²) in [4.78, 5) is 0. The average Bonchev–Trinajstić information content (AvgIpc) is 2.68. The van der Waals surface area contributed by atoms with Crippen LogP contribution in [0.4, 0.5) is 0 Å². The van der Waals surface area contributed by atoms with Crippen LogP contribution in [-0.4, -0.2) is 5.11 Å². The lowest BCUT2D eigenvalue weighted by molar-refractivity contribution is 0.216. The molecule has 2 atom stereocenters. The van der Waals surface area contributed by atoms with Gasteiger partial charge in [-0.3, -0.25) is 0 Å². The Labute approximate surface area is 107 Å². The van der Waals surface area contributed by atoms with Gasteiger partial charge in [-0.2, -0.15) is 0 Å². The first-order valence-electron chi connectivity index (χ1n) is 6.21. The number of fused-ring (bicyclic) bond motifs is 1. The van der Waals surface area contributed by atoms with E-state index in [4.69, 9.17) is 4.74 Å². The van der Waals surface area contributed by atoms with Gasteiger partial charge in [0, 0.05) is 11.5 Å². The number of phenols is 1. The molecule has 2 nitrogen and oxygen atoms in total. The van der Waals surface area contributed by atoms with Crippen molar-refractivity contribution >= 4 is 0 Å². The average molecular weight is 240 g/mol. The molecule has 18 heavy (non-hydrogen) atoms. The summed E-state index contributed by atoms with van der Waals surface area (Å²) in [5.41, 5.74) is 3.52. The fourth-order valence-corrected chi connectivity index (χ4v) is 2.51. The SMILES string of the molecule is Cc1ccc([C@H]2Oc3ccc(O)cc3[C@@H]2C)cc1. The number of hydrogen-bond donors (Lipinski definition) is 1. The van der Waals surface area contributed by atoms with Gasteiger partial charge in [-0.05, 0) is 30.7 Å². The van der Waals surface area contributed by atoms with E-state index in [1.807, 2.05) is 6.07 Å².